The molecule has 4 heteroatoms. The van der Waals surface area contributed by atoms with Crippen molar-refractivity contribution in [1.29, 1.82) is 0 Å². The molecule has 0 saturated carbocycles. The van der Waals surface area contributed by atoms with Crippen LogP contribution in [0.3, 0.4) is 0 Å². The maximum Gasteiger partial charge on any atom is 0.227 e. The molecule has 3 atom stereocenters. The monoisotopic (exact) mass is 289 g/mol. The number of carbonyl (C=O) groups excluding carboxylic acids is 1. The molecule has 1 N–H and O–H groups in total. The molecule has 1 amide bonds. The zero-order chi connectivity index (χ0) is 14.8. The van der Waals surface area contributed by atoms with Gasteiger partial charge in [-0.05, 0) is 37.4 Å². The minimum atomic E-state index is 0.158. The predicted molar refractivity (Wildman–Crippen MR) is 83.9 cm³/mol. The average molecular weight is 289 g/mol. The zero-order valence-corrected chi connectivity index (χ0v) is 13.2. The second-order valence-corrected chi connectivity index (χ2v) is 6.68. The first kappa shape index (κ1) is 14.6. The molecule has 4 nitrogen and oxygen atoms in total. The van der Waals surface area contributed by atoms with Gasteiger partial charge in [-0.25, -0.2) is 0 Å². The molecule has 1 aromatic heterocycles. The highest BCUT2D eigenvalue weighted by Crippen LogP contribution is 2.32. The van der Waals surface area contributed by atoms with Gasteiger partial charge >= 0.3 is 0 Å². The first-order valence-electron chi connectivity index (χ1n) is 8.31. The topological polar surface area (TPSA) is 37.3 Å². The molecule has 116 valence electrons. The van der Waals surface area contributed by atoms with Crippen LogP contribution in [0.15, 0.2) is 18.3 Å². The molecule has 2 fully saturated rings. The minimum Gasteiger partial charge on any atom is -0.353 e. The molecule has 0 radical (unpaired) electrons. The van der Waals surface area contributed by atoms with E-state index in [1.54, 1.807) is 0 Å². The molecule has 3 heterocycles. The number of amides is 1. The smallest absolute Gasteiger partial charge is 0.227 e. The molecule has 1 aromatic rings. The van der Waals surface area contributed by atoms with Crippen molar-refractivity contribution in [3.8, 4) is 0 Å². The Kier molecular flexibility index (Phi) is 4.34. The Morgan fingerprint density at radius 2 is 2.14 bits per heavy atom. The van der Waals surface area contributed by atoms with Gasteiger partial charge in [0.1, 0.15) is 0 Å². The molecule has 21 heavy (non-hydrogen) atoms. The van der Waals surface area contributed by atoms with Gasteiger partial charge in [-0.2, -0.15) is 0 Å². The van der Waals surface area contributed by atoms with Gasteiger partial charge < -0.3 is 14.8 Å². The fourth-order valence-corrected chi connectivity index (χ4v) is 3.85. The van der Waals surface area contributed by atoms with Crippen molar-refractivity contribution < 1.29 is 4.79 Å². The van der Waals surface area contributed by atoms with E-state index in [1.807, 2.05) is 0 Å². The van der Waals surface area contributed by atoms with E-state index in [-0.39, 0.29) is 12.0 Å². The standard InChI is InChI=1S/C17H27N3O/c1-13-11-18-12-14(13)17(21)20-10-5-3-4-7-16(20)15-8-6-9-19(15)2/h6,8-9,13-14,16,18H,3-5,7,10-12H2,1-2H3. The van der Waals surface area contributed by atoms with Crippen LogP contribution >= 0.6 is 0 Å². The first-order chi connectivity index (χ1) is 10.2. The van der Waals surface area contributed by atoms with Gasteiger partial charge in [-0.1, -0.05) is 19.8 Å². The van der Waals surface area contributed by atoms with E-state index in [0.717, 1.165) is 32.5 Å². The predicted octanol–water partition coefficient (Wildman–Crippen LogP) is 2.32. The molecule has 2 aliphatic rings. The van der Waals surface area contributed by atoms with Crippen molar-refractivity contribution in [1.82, 2.24) is 14.8 Å². The molecule has 2 aliphatic heterocycles. The SMILES string of the molecule is CC1CNCC1C(=O)N1CCCCCC1c1cccn1C. The first-order valence-corrected chi connectivity index (χ1v) is 8.31. The minimum absolute atomic E-state index is 0.158. The Morgan fingerprint density at radius 1 is 1.29 bits per heavy atom. The van der Waals surface area contributed by atoms with Crippen molar-refractivity contribution in [3.63, 3.8) is 0 Å². The Bertz CT molecular complexity index is 496. The van der Waals surface area contributed by atoms with E-state index < -0.39 is 0 Å². The molecule has 3 unspecified atom stereocenters. The lowest BCUT2D eigenvalue weighted by molar-refractivity contribution is -0.138. The highest BCUT2D eigenvalue weighted by atomic mass is 16.2. The molecule has 2 saturated heterocycles. The van der Waals surface area contributed by atoms with E-state index in [1.165, 1.54) is 18.5 Å². The van der Waals surface area contributed by atoms with Crippen molar-refractivity contribution in [2.45, 2.75) is 38.6 Å². The maximum atomic E-state index is 13.1. The molecule has 0 spiro atoms. The van der Waals surface area contributed by atoms with Gasteiger partial charge in [0, 0.05) is 32.0 Å². The summed E-state index contributed by atoms with van der Waals surface area (Å²) in [6.07, 6.45) is 6.78. The lowest BCUT2D eigenvalue weighted by Crippen LogP contribution is -2.41. The van der Waals surface area contributed by atoms with Crippen LogP contribution in [0, 0.1) is 11.8 Å². The molecule has 0 aliphatic carbocycles. The third-order valence-corrected chi connectivity index (χ3v) is 5.20. The molecule has 3 rings (SSSR count). The van der Waals surface area contributed by atoms with Gasteiger partial charge in [0.25, 0.3) is 0 Å². The summed E-state index contributed by atoms with van der Waals surface area (Å²) in [6, 6.07) is 4.52. The molecule has 0 bridgehead atoms. The van der Waals surface area contributed by atoms with E-state index in [0.29, 0.717) is 11.8 Å². The van der Waals surface area contributed by atoms with Gasteiger partial charge in [-0.15, -0.1) is 0 Å². The molecular formula is C17H27N3O. The number of rotatable bonds is 2. The van der Waals surface area contributed by atoms with E-state index in [4.69, 9.17) is 0 Å². The van der Waals surface area contributed by atoms with Crippen LogP contribution in [0.2, 0.25) is 0 Å². The van der Waals surface area contributed by atoms with E-state index in [2.05, 4.69) is 47.1 Å². The molecular weight excluding hydrogens is 262 g/mol. The normalized spacial score (nSPS) is 30.4. The maximum absolute atomic E-state index is 13.1. The summed E-state index contributed by atoms with van der Waals surface area (Å²) < 4.78 is 2.17. The Balaban J connectivity index is 1.85. The van der Waals surface area contributed by atoms with Crippen LogP contribution in [0.1, 0.15) is 44.3 Å². The van der Waals surface area contributed by atoms with Crippen molar-refractivity contribution in [2.24, 2.45) is 18.9 Å². The van der Waals surface area contributed by atoms with Crippen molar-refractivity contribution in [2.75, 3.05) is 19.6 Å². The number of aryl methyl sites for hydroxylation is 1. The Hall–Kier alpha value is -1.29. The summed E-state index contributed by atoms with van der Waals surface area (Å²) in [7, 11) is 2.09. The number of nitrogens with one attached hydrogen (secondary N) is 1. The fourth-order valence-electron chi connectivity index (χ4n) is 3.85. The van der Waals surface area contributed by atoms with Crippen LogP contribution in [0.25, 0.3) is 0 Å². The fraction of sp³-hybridized carbons (Fsp3) is 0.706. The number of hydrogen-bond donors (Lipinski definition) is 1. The van der Waals surface area contributed by atoms with Crippen molar-refractivity contribution in [3.05, 3.63) is 24.0 Å². The number of nitrogens with zero attached hydrogens (tertiary/aromatic N) is 2. The largest absolute Gasteiger partial charge is 0.353 e. The lowest BCUT2D eigenvalue weighted by Gasteiger charge is -2.33. The highest BCUT2D eigenvalue weighted by Gasteiger charge is 2.36. The van der Waals surface area contributed by atoms with Gasteiger partial charge in [0.05, 0.1) is 12.0 Å². The van der Waals surface area contributed by atoms with Crippen molar-refractivity contribution >= 4 is 5.91 Å². The quantitative estimate of drug-likeness (QED) is 0.907. The summed E-state index contributed by atoms with van der Waals surface area (Å²) in [5.41, 5.74) is 1.28. The summed E-state index contributed by atoms with van der Waals surface area (Å²) in [5, 5.41) is 3.37. The van der Waals surface area contributed by atoms with Gasteiger partial charge in [0.2, 0.25) is 5.91 Å². The number of carbonyl (C=O) groups is 1. The summed E-state index contributed by atoms with van der Waals surface area (Å²) in [5.74, 6) is 0.973. The van der Waals surface area contributed by atoms with E-state index in [9.17, 15) is 4.79 Å². The summed E-state index contributed by atoms with van der Waals surface area (Å²) in [6.45, 7) is 4.92. The third kappa shape index (κ3) is 2.86. The Labute approximate surface area is 127 Å². The average Bonchev–Trinajstić information content (AvgIpc) is 3.00. The lowest BCUT2D eigenvalue weighted by atomic mass is 9.95. The van der Waals surface area contributed by atoms with Crippen LogP contribution in [0.4, 0.5) is 0 Å². The zero-order valence-electron chi connectivity index (χ0n) is 13.2. The Morgan fingerprint density at radius 3 is 2.81 bits per heavy atom. The second kappa shape index (κ2) is 6.22. The third-order valence-electron chi connectivity index (χ3n) is 5.20. The highest BCUT2D eigenvalue weighted by molar-refractivity contribution is 5.80. The van der Waals surface area contributed by atoms with Crippen LogP contribution < -0.4 is 5.32 Å². The van der Waals surface area contributed by atoms with Crippen LogP contribution in [-0.2, 0) is 11.8 Å². The summed E-state index contributed by atoms with van der Waals surface area (Å²) in [4.78, 5) is 15.2. The number of aromatic nitrogens is 1. The van der Waals surface area contributed by atoms with E-state index >= 15 is 0 Å². The second-order valence-electron chi connectivity index (χ2n) is 6.68. The summed E-state index contributed by atoms with van der Waals surface area (Å²) >= 11 is 0. The number of hydrogen-bond acceptors (Lipinski definition) is 2. The molecule has 0 aromatic carbocycles. The van der Waals surface area contributed by atoms with Crippen LogP contribution in [-0.4, -0.2) is 35.0 Å². The van der Waals surface area contributed by atoms with Gasteiger partial charge in [-0.3, -0.25) is 4.79 Å². The number of likely N-dealkylation sites (tertiary alicyclic amines) is 1. The van der Waals surface area contributed by atoms with Crippen LogP contribution in [0.5, 0.6) is 0 Å². The van der Waals surface area contributed by atoms with Gasteiger partial charge in [0.15, 0.2) is 0 Å².